The molecule has 1 amide bonds. The number of anilines is 1. The fourth-order valence-electron chi connectivity index (χ4n) is 3.96. The summed E-state index contributed by atoms with van der Waals surface area (Å²) in [6.07, 6.45) is 3.80. The zero-order valence-electron chi connectivity index (χ0n) is 16.4. The predicted octanol–water partition coefficient (Wildman–Crippen LogP) is 6.25. The van der Waals surface area contributed by atoms with Crippen LogP contribution in [0.5, 0.6) is 0 Å². The van der Waals surface area contributed by atoms with Crippen LogP contribution in [0.2, 0.25) is 0 Å². The Bertz CT molecular complexity index is 925. The molecule has 1 unspecified atom stereocenters. The molecular formula is C23H26N2OS2. The topological polar surface area (TPSA) is 32.3 Å². The van der Waals surface area contributed by atoms with Crippen LogP contribution in [0.4, 0.5) is 5.00 Å². The Morgan fingerprint density at radius 1 is 1.04 bits per heavy atom. The molecule has 1 atom stereocenters. The van der Waals surface area contributed by atoms with Gasteiger partial charge in [0.25, 0.3) is 5.91 Å². The van der Waals surface area contributed by atoms with Gasteiger partial charge in [-0.2, -0.15) is 0 Å². The maximum Gasteiger partial charge on any atom is 0.256 e. The van der Waals surface area contributed by atoms with Gasteiger partial charge in [0.2, 0.25) is 0 Å². The smallest absolute Gasteiger partial charge is 0.256 e. The summed E-state index contributed by atoms with van der Waals surface area (Å²) in [6.45, 7) is 6.58. The summed E-state index contributed by atoms with van der Waals surface area (Å²) in [5.74, 6) is -0.0355. The molecular weight excluding hydrogens is 384 g/mol. The molecule has 3 aromatic rings. The first-order valence-corrected chi connectivity index (χ1v) is 11.6. The lowest BCUT2D eigenvalue weighted by molar-refractivity contribution is 0.102. The molecule has 3 heterocycles. The van der Waals surface area contributed by atoms with Gasteiger partial charge in [-0.15, -0.1) is 22.7 Å². The summed E-state index contributed by atoms with van der Waals surface area (Å²) in [6, 6.07) is 14.1. The molecule has 28 heavy (non-hydrogen) atoms. The van der Waals surface area contributed by atoms with Gasteiger partial charge in [0.15, 0.2) is 0 Å². The minimum absolute atomic E-state index is 0.0355. The molecule has 2 aromatic heterocycles. The van der Waals surface area contributed by atoms with Crippen LogP contribution >= 0.6 is 22.7 Å². The van der Waals surface area contributed by atoms with E-state index >= 15 is 0 Å². The van der Waals surface area contributed by atoms with E-state index in [-0.39, 0.29) is 11.9 Å². The van der Waals surface area contributed by atoms with Crippen molar-refractivity contribution in [1.29, 1.82) is 0 Å². The Balaban J connectivity index is 1.73. The van der Waals surface area contributed by atoms with Crippen LogP contribution in [0.1, 0.15) is 56.5 Å². The summed E-state index contributed by atoms with van der Waals surface area (Å²) >= 11 is 3.51. The number of aryl methyl sites for hydroxylation is 1. The van der Waals surface area contributed by atoms with E-state index < -0.39 is 0 Å². The van der Waals surface area contributed by atoms with E-state index in [2.05, 4.69) is 41.6 Å². The van der Waals surface area contributed by atoms with E-state index in [0.717, 1.165) is 18.1 Å². The Kier molecular flexibility index (Phi) is 5.95. The third-order valence-electron chi connectivity index (χ3n) is 5.54. The molecule has 0 bridgehead atoms. The van der Waals surface area contributed by atoms with Gasteiger partial charge >= 0.3 is 0 Å². The predicted molar refractivity (Wildman–Crippen MR) is 120 cm³/mol. The molecule has 0 aliphatic carbocycles. The monoisotopic (exact) mass is 410 g/mol. The van der Waals surface area contributed by atoms with Crippen molar-refractivity contribution in [3.05, 3.63) is 74.3 Å². The van der Waals surface area contributed by atoms with Gasteiger partial charge in [-0.3, -0.25) is 9.69 Å². The number of benzene rings is 1. The van der Waals surface area contributed by atoms with Crippen molar-refractivity contribution in [1.82, 2.24) is 4.90 Å². The van der Waals surface area contributed by atoms with E-state index in [0.29, 0.717) is 5.56 Å². The van der Waals surface area contributed by atoms with E-state index in [9.17, 15) is 4.79 Å². The number of carbonyl (C=O) groups excluding carboxylic acids is 1. The normalized spacial score (nSPS) is 16.1. The number of rotatable bonds is 5. The first-order valence-electron chi connectivity index (χ1n) is 9.89. The Labute approximate surface area is 175 Å². The lowest BCUT2D eigenvalue weighted by Gasteiger charge is -2.35. The Hall–Kier alpha value is -1.95. The molecule has 1 aliphatic heterocycles. The number of piperidine rings is 1. The zero-order chi connectivity index (χ0) is 19.5. The highest BCUT2D eigenvalue weighted by atomic mass is 32.1. The van der Waals surface area contributed by atoms with Crippen molar-refractivity contribution in [2.24, 2.45) is 0 Å². The summed E-state index contributed by atoms with van der Waals surface area (Å²) in [7, 11) is 0. The van der Waals surface area contributed by atoms with Crippen molar-refractivity contribution in [2.45, 2.75) is 39.2 Å². The van der Waals surface area contributed by atoms with E-state index in [4.69, 9.17) is 0 Å². The van der Waals surface area contributed by atoms with Gasteiger partial charge < -0.3 is 5.32 Å². The van der Waals surface area contributed by atoms with Crippen molar-refractivity contribution >= 4 is 33.6 Å². The van der Waals surface area contributed by atoms with E-state index in [1.807, 2.05) is 41.7 Å². The quantitative estimate of drug-likeness (QED) is 0.539. The number of hydrogen-bond donors (Lipinski definition) is 1. The van der Waals surface area contributed by atoms with Crippen molar-refractivity contribution in [3.8, 4) is 0 Å². The van der Waals surface area contributed by atoms with Crippen LogP contribution in [0, 0.1) is 13.8 Å². The highest BCUT2D eigenvalue weighted by molar-refractivity contribution is 7.16. The number of likely N-dealkylation sites (tertiary alicyclic amines) is 1. The summed E-state index contributed by atoms with van der Waals surface area (Å²) < 4.78 is 0. The fraction of sp³-hybridized carbons (Fsp3) is 0.348. The van der Waals surface area contributed by atoms with Gasteiger partial charge in [0.05, 0.1) is 6.04 Å². The first-order chi connectivity index (χ1) is 13.6. The standard InChI is InChI=1S/C23H26N2OS2/c1-16-17(2)28-23(24-22(26)18-10-5-3-6-11-18)20(16)21(19-12-9-15-27-19)25-13-7-4-8-14-25/h3,5-6,9-12,15,21H,4,7-8,13-14H2,1-2H3,(H,24,26). The van der Waals surface area contributed by atoms with Crippen molar-refractivity contribution < 1.29 is 4.79 Å². The molecule has 1 N–H and O–H groups in total. The number of nitrogens with zero attached hydrogens (tertiary/aromatic N) is 1. The zero-order valence-corrected chi connectivity index (χ0v) is 18.0. The SMILES string of the molecule is Cc1sc(NC(=O)c2ccccc2)c(C(c2cccs2)N2CCCCC2)c1C. The van der Waals surface area contributed by atoms with Crippen LogP contribution in [0.15, 0.2) is 47.8 Å². The number of nitrogens with one attached hydrogen (secondary N) is 1. The van der Waals surface area contributed by atoms with Crippen LogP contribution in [-0.2, 0) is 0 Å². The third kappa shape index (κ3) is 3.93. The van der Waals surface area contributed by atoms with Crippen molar-refractivity contribution in [3.63, 3.8) is 0 Å². The highest BCUT2D eigenvalue weighted by Gasteiger charge is 2.30. The molecule has 1 aliphatic rings. The minimum atomic E-state index is -0.0355. The minimum Gasteiger partial charge on any atom is -0.313 e. The number of thiophene rings is 2. The van der Waals surface area contributed by atoms with Gasteiger partial charge in [-0.05, 0) is 68.9 Å². The lowest BCUT2D eigenvalue weighted by Crippen LogP contribution is -2.34. The van der Waals surface area contributed by atoms with Crippen LogP contribution in [0.3, 0.4) is 0 Å². The second-order valence-electron chi connectivity index (χ2n) is 7.36. The molecule has 1 saturated heterocycles. The molecule has 1 fully saturated rings. The van der Waals surface area contributed by atoms with Crippen LogP contribution in [-0.4, -0.2) is 23.9 Å². The van der Waals surface area contributed by atoms with E-state index in [1.165, 1.54) is 40.1 Å². The number of amides is 1. The first kappa shape index (κ1) is 19.4. The highest BCUT2D eigenvalue weighted by Crippen LogP contribution is 2.44. The maximum atomic E-state index is 12.9. The number of hydrogen-bond acceptors (Lipinski definition) is 4. The molecule has 1 aromatic carbocycles. The average molecular weight is 411 g/mol. The summed E-state index contributed by atoms with van der Waals surface area (Å²) in [4.78, 5) is 18.1. The molecule has 0 radical (unpaired) electrons. The maximum absolute atomic E-state index is 12.9. The summed E-state index contributed by atoms with van der Waals surface area (Å²) in [5.41, 5.74) is 3.27. The third-order valence-corrected chi connectivity index (χ3v) is 7.60. The Morgan fingerprint density at radius 2 is 1.79 bits per heavy atom. The fourth-order valence-corrected chi connectivity index (χ4v) is 5.91. The average Bonchev–Trinajstić information content (AvgIpc) is 3.34. The lowest BCUT2D eigenvalue weighted by atomic mass is 9.98. The molecule has 5 heteroatoms. The molecule has 146 valence electrons. The van der Waals surface area contributed by atoms with Gasteiger partial charge in [-0.25, -0.2) is 0 Å². The molecule has 3 nitrogen and oxygen atoms in total. The van der Waals surface area contributed by atoms with Gasteiger partial charge in [0, 0.05) is 20.9 Å². The van der Waals surface area contributed by atoms with Crippen molar-refractivity contribution in [2.75, 3.05) is 18.4 Å². The molecule has 0 spiro atoms. The van der Waals surface area contributed by atoms with Crippen LogP contribution in [0.25, 0.3) is 0 Å². The van der Waals surface area contributed by atoms with Gasteiger partial charge in [0.1, 0.15) is 5.00 Å². The number of carbonyl (C=O) groups is 1. The second kappa shape index (κ2) is 8.60. The second-order valence-corrected chi connectivity index (χ2v) is 9.56. The molecule has 0 saturated carbocycles. The largest absolute Gasteiger partial charge is 0.313 e. The Morgan fingerprint density at radius 3 is 2.46 bits per heavy atom. The van der Waals surface area contributed by atoms with Gasteiger partial charge in [-0.1, -0.05) is 30.7 Å². The molecule has 4 rings (SSSR count). The van der Waals surface area contributed by atoms with E-state index in [1.54, 1.807) is 11.3 Å². The summed E-state index contributed by atoms with van der Waals surface area (Å²) in [5, 5.41) is 6.38. The van der Waals surface area contributed by atoms with Crippen LogP contribution < -0.4 is 5.32 Å².